The number of nitrogens with one attached hydrogen (secondary N) is 2. The van der Waals surface area contributed by atoms with Gasteiger partial charge in [-0.2, -0.15) is 0 Å². The molecule has 0 saturated carbocycles. The van der Waals surface area contributed by atoms with Crippen molar-refractivity contribution in [1.29, 1.82) is 0 Å². The number of urea groups is 1. The van der Waals surface area contributed by atoms with Gasteiger partial charge in [0, 0.05) is 12.6 Å². The van der Waals surface area contributed by atoms with Crippen LogP contribution in [0.1, 0.15) is 52.4 Å². The first-order valence-corrected chi connectivity index (χ1v) is 8.05. The fraction of sp³-hybridized carbons (Fsp3) is 0.867. The molecule has 6 heteroatoms. The van der Waals surface area contributed by atoms with E-state index in [1.54, 1.807) is 0 Å². The molecule has 0 aromatic heterocycles. The number of carboxylic acids is 1. The van der Waals surface area contributed by atoms with Gasteiger partial charge in [-0.1, -0.05) is 26.2 Å². The average molecular weight is 299 g/mol. The number of piperidine rings is 1. The SMILES string of the molecule is CCCC[C@H](NC(=O)NC(C)CN1CCCCC1)C(=O)O. The Morgan fingerprint density at radius 2 is 1.86 bits per heavy atom. The Hall–Kier alpha value is -1.30. The second-order valence-electron chi connectivity index (χ2n) is 5.91. The summed E-state index contributed by atoms with van der Waals surface area (Å²) in [7, 11) is 0. The van der Waals surface area contributed by atoms with Crippen molar-refractivity contribution >= 4 is 12.0 Å². The van der Waals surface area contributed by atoms with E-state index in [1.807, 2.05) is 13.8 Å². The molecule has 1 saturated heterocycles. The number of carbonyl (C=O) groups excluding carboxylic acids is 1. The van der Waals surface area contributed by atoms with Crippen LogP contribution in [0, 0.1) is 0 Å². The molecule has 21 heavy (non-hydrogen) atoms. The minimum absolute atomic E-state index is 0.0173. The number of nitrogens with zero attached hydrogens (tertiary/aromatic N) is 1. The van der Waals surface area contributed by atoms with Gasteiger partial charge in [-0.05, 0) is 39.3 Å². The van der Waals surface area contributed by atoms with Crippen LogP contribution in [0.15, 0.2) is 0 Å². The van der Waals surface area contributed by atoms with Crippen LogP contribution in [0.4, 0.5) is 4.79 Å². The quantitative estimate of drug-likeness (QED) is 0.638. The summed E-state index contributed by atoms with van der Waals surface area (Å²) in [6.07, 6.45) is 5.91. The zero-order valence-electron chi connectivity index (χ0n) is 13.2. The number of hydrogen-bond donors (Lipinski definition) is 3. The van der Waals surface area contributed by atoms with Crippen LogP contribution in [0.3, 0.4) is 0 Å². The van der Waals surface area contributed by atoms with Crippen molar-refractivity contribution in [3.05, 3.63) is 0 Å². The Bertz CT molecular complexity index is 330. The molecule has 1 unspecified atom stereocenters. The van der Waals surface area contributed by atoms with Crippen LogP contribution in [0.5, 0.6) is 0 Å². The summed E-state index contributed by atoms with van der Waals surface area (Å²) < 4.78 is 0. The van der Waals surface area contributed by atoms with Gasteiger partial charge in [0.15, 0.2) is 0 Å². The standard InChI is InChI=1S/C15H29N3O3/c1-3-4-8-13(14(19)20)17-15(21)16-12(2)11-18-9-6-5-7-10-18/h12-13H,3-11H2,1-2H3,(H,19,20)(H2,16,17,21)/t12?,13-/m0/s1. The van der Waals surface area contributed by atoms with Crippen molar-refractivity contribution in [3.8, 4) is 0 Å². The van der Waals surface area contributed by atoms with Crippen molar-refractivity contribution < 1.29 is 14.7 Å². The minimum atomic E-state index is -0.970. The first-order valence-electron chi connectivity index (χ1n) is 8.05. The van der Waals surface area contributed by atoms with Gasteiger partial charge in [0.1, 0.15) is 6.04 Å². The van der Waals surface area contributed by atoms with Crippen molar-refractivity contribution in [3.63, 3.8) is 0 Å². The minimum Gasteiger partial charge on any atom is -0.480 e. The number of carbonyl (C=O) groups is 2. The van der Waals surface area contributed by atoms with Crippen LogP contribution < -0.4 is 10.6 Å². The third-order valence-corrected chi connectivity index (χ3v) is 3.81. The highest BCUT2D eigenvalue weighted by molar-refractivity contribution is 5.82. The number of likely N-dealkylation sites (tertiary alicyclic amines) is 1. The third kappa shape index (κ3) is 7.32. The van der Waals surface area contributed by atoms with Crippen LogP contribution in [0.2, 0.25) is 0 Å². The fourth-order valence-corrected chi connectivity index (χ4v) is 2.66. The topological polar surface area (TPSA) is 81.7 Å². The second-order valence-corrected chi connectivity index (χ2v) is 5.91. The lowest BCUT2D eigenvalue weighted by Crippen LogP contribution is -2.51. The molecule has 1 rings (SSSR count). The average Bonchev–Trinajstić information content (AvgIpc) is 2.44. The highest BCUT2D eigenvalue weighted by Crippen LogP contribution is 2.08. The molecule has 2 atom stereocenters. The molecule has 1 aliphatic rings. The summed E-state index contributed by atoms with van der Waals surface area (Å²) in [6.45, 7) is 6.94. The molecule has 6 nitrogen and oxygen atoms in total. The highest BCUT2D eigenvalue weighted by Gasteiger charge is 2.20. The number of carboxylic acid groups (broad SMARTS) is 1. The van der Waals surface area contributed by atoms with E-state index in [4.69, 9.17) is 5.11 Å². The fourth-order valence-electron chi connectivity index (χ4n) is 2.66. The molecule has 1 heterocycles. The molecule has 0 aromatic carbocycles. The Labute approximate surface area is 127 Å². The summed E-state index contributed by atoms with van der Waals surface area (Å²) in [5.41, 5.74) is 0. The maximum absolute atomic E-state index is 11.9. The van der Waals surface area contributed by atoms with Crippen LogP contribution >= 0.6 is 0 Å². The van der Waals surface area contributed by atoms with Crippen molar-refractivity contribution in [2.75, 3.05) is 19.6 Å². The van der Waals surface area contributed by atoms with E-state index in [1.165, 1.54) is 19.3 Å². The van der Waals surface area contributed by atoms with Gasteiger partial charge < -0.3 is 20.6 Å². The lowest BCUT2D eigenvalue weighted by molar-refractivity contribution is -0.139. The molecule has 1 aliphatic heterocycles. The Morgan fingerprint density at radius 1 is 1.19 bits per heavy atom. The molecule has 1 fully saturated rings. The molecule has 0 bridgehead atoms. The molecular formula is C15H29N3O3. The molecule has 122 valence electrons. The van der Waals surface area contributed by atoms with Gasteiger partial charge in [-0.15, -0.1) is 0 Å². The summed E-state index contributed by atoms with van der Waals surface area (Å²) >= 11 is 0. The van der Waals surface area contributed by atoms with E-state index in [9.17, 15) is 9.59 Å². The molecule has 0 spiro atoms. The van der Waals surface area contributed by atoms with Gasteiger partial charge in [-0.25, -0.2) is 9.59 Å². The van der Waals surface area contributed by atoms with Crippen molar-refractivity contribution in [1.82, 2.24) is 15.5 Å². The Morgan fingerprint density at radius 3 is 2.43 bits per heavy atom. The summed E-state index contributed by atoms with van der Waals surface area (Å²) in [4.78, 5) is 25.3. The van der Waals surface area contributed by atoms with E-state index < -0.39 is 12.0 Å². The smallest absolute Gasteiger partial charge is 0.326 e. The van der Waals surface area contributed by atoms with Crippen LogP contribution in [-0.4, -0.2) is 53.7 Å². The Balaban J connectivity index is 2.31. The van der Waals surface area contributed by atoms with Crippen LogP contribution in [-0.2, 0) is 4.79 Å². The van der Waals surface area contributed by atoms with Gasteiger partial charge in [0.25, 0.3) is 0 Å². The van der Waals surface area contributed by atoms with Crippen molar-refractivity contribution in [2.24, 2.45) is 0 Å². The Kier molecular flexibility index (Phi) is 8.12. The number of aliphatic carboxylic acids is 1. The number of amides is 2. The van der Waals surface area contributed by atoms with Crippen LogP contribution in [0.25, 0.3) is 0 Å². The van der Waals surface area contributed by atoms with Gasteiger partial charge in [0.2, 0.25) is 0 Å². The molecule has 0 radical (unpaired) electrons. The second kappa shape index (κ2) is 9.60. The zero-order chi connectivity index (χ0) is 15.7. The molecule has 2 amide bonds. The van der Waals surface area contributed by atoms with Gasteiger partial charge in [-0.3, -0.25) is 0 Å². The van der Waals surface area contributed by atoms with E-state index >= 15 is 0 Å². The molecular weight excluding hydrogens is 270 g/mol. The molecule has 0 aliphatic carbocycles. The summed E-state index contributed by atoms with van der Waals surface area (Å²) in [6, 6.07) is -1.17. The van der Waals surface area contributed by atoms with E-state index in [2.05, 4.69) is 15.5 Å². The summed E-state index contributed by atoms with van der Waals surface area (Å²) in [5, 5.41) is 14.5. The lowest BCUT2D eigenvalue weighted by Gasteiger charge is -2.29. The summed E-state index contributed by atoms with van der Waals surface area (Å²) in [5.74, 6) is -0.970. The normalized spacial score (nSPS) is 18.8. The number of hydrogen-bond acceptors (Lipinski definition) is 3. The predicted octanol–water partition coefficient (Wildman–Crippen LogP) is 1.80. The van der Waals surface area contributed by atoms with E-state index in [0.717, 1.165) is 32.5 Å². The first-order chi connectivity index (χ1) is 10.0. The maximum Gasteiger partial charge on any atom is 0.326 e. The lowest BCUT2D eigenvalue weighted by atomic mass is 10.1. The van der Waals surface area contributed by atoms with E-state index in [-0.39, 0.29) is 12.1 Å². The predicted molar refractivity (Wildman–Crippen MR) is 82.4 cm³/mol. The van der Waals surface area contributed by atoms with Gasteiger partial charge >= 0.3 is 12.0 Å². The molecule has 3 N–H and O–H groups in total. The van der Waals surface area contributed by atoms with Crippen molar-refractivity contribution in [2.45, 2.75) is 64.5 Å². The largest absolute Gasteiger partial charge is 0.480 e. The zero-order valence-corrected chi connectivity index (χ0v) is 13.2. The highest BCUT2D eigenvalue weighted by atomic mass is 16.4. The number of unbranched alkanes of at least 4 members (excludes halogenated alkanes) is 1. The number of rotatable bonds is 8. The van der Waals surface area contributed by atoms with E-state index in [0.29, 0.717) is 6.42 Å². The first kappa shape index (κ1) is 17.8. The molecule has 0 aromatic rings. The third-order valence-electron chi connectivity index (χ3n) is 3.81. The monoisotopic (exact) mass is 299 g/mol. The van der Waals surface area contributed by atoms with Gasteiger partial charge in [0.05, 0.1) is 0 Å². The maximum atomic E-state index is 11.9.